The van der Waals surface area contributed by atoms with E-state index in [4.69, 9.17) is 10.2 Å². The van der Waals surface area contributed by atoms with Crippen LogP contribution in [0, 0.1) is 0 Å². The van der Waals surface area contributed by atoms with Gasteiger partial charge in [0.15, 0.2) is 6.10 Å². The minimum absolute atomic E-state index is 0.163. The molecule has 0 aliphatic carbocycles. The summed E-state index contributed by atoms with van der Waals surface area (Å²) in [4.78, 5) is 11.5. The largest absolute Gasteiger partial charge is 0.394 e. The predicted octanol–water partition coefficient (Wildman–Crippen LogP) is 6.66. The first-order valence-electron chi connectivity index (χ1n) is 16.2. The summed E-state index contributed by atoms with van der Waals surface area (Å²) in [7, 11) is 0. The van der Waals surface area contributed by atoms with Crippen molar-refractivity contribution in [2.45, 2.75) is 195 Å². The standard InChI is InChI=1S/C11H23NO6.2C9H20.C3H8/c1-3-4-6(2)12-11(18)10(17)9(16)8(15)7(14)5-13;2*1-3-5-7-9-8-6-4-2;1-3-2/h6-10,13-17H,3-5H2,1-2H3,(H,12,18);2*3-9H2,1-2H3;3H2,1-2H3. The summed E-state index contributed by atoms with van der Waals surface area (Å²) in [6.07, 6.45) is 15.6. The maximum atomic E-state index is 11.5. The van der Waals surface area contributed by atoms with Crippen LogP contribution in [0.4, 0.5) is 0 Å². The zero-order valence-corrected chi connectivity index (χ0v) is 27.3. The summed E-state index contributed by atoms with van der Waals surface area (Å²) in [6.45, 7) is 16.2. The first-order chi connectivity index (χ1) is 18.6. The van der Waals surface area contributed by atoms with Crippen LogP contribution in [0.25, 0.3) is 0 Å². The van der Waals surface area contributed by atoms with Crippen LogP contribution in [-0.2, 0) is 4.79 Å². The van der Waals surface area contributed by atoms with Crippen LogP contribution in [0.1, 0.15) is 165 Å². The molecule has 7 heteroatoms. The zero-order chi connectivity index (χ0) is 30.9. The highest BCUT2D eigenvalue weighted by atomic mass is 16.4. The van der Waals surface area contributed by atoms with Gasteiger partial charge in [-0.3, -0.25) is 4.79 Å². The van der Waals surface area contributed by atoms with E-state index in [0.29, 0.717) is 0 Å². The smallest absolute Gasteiger partial charge is 0.251 e. The third-order valence-electron chi connectivity index (χ3n) is 6.05. The van der Waals surface area contributed by atoms with Crippen molar-refractivity contribution in [1.29, 1.82) is 0 Å². The quantitative estimate of drug-likeness (QED) is 0.0916. The van der Waals surface area contributed by atoms with Gasteiger partial charge >= 0.3 is 0 Å². The van der Waals surface area contributed by atoms with Crippen molar-refractivity contribution < 1.29 is 30.3 Å². The number of aliphatic hydroxyl groups is 5. The number of rotatable bonds is 20. The van der Waals surface area contributed by atoms with Gasteiger partial charge in [0.05, 0.1) is 6.61 Å². The molecule has 5 unspecified atom stereocenters. The van der Waals surface area contributed by atoms with Gasteiger partial charge in [-0.05, 0) is 13.3 Å². The average Bonchev–Trinajstić information content (AvgIpc) is 2.92. The average molecular weight is 566 g/mol. The Kier molecular flexibility index (Phi) is 43.3. The van der Waals surface area contributed by atoms with Crippen molar-refractivity contribution in [3.63, 3.8) is 0 Å². The first kappa shape index (κ1) is 45.3. The lowest BCUT2D eigenvalue weighted by Gasteiger charge is -2.25. The SMILES string of the molecule is CCC.CCCC(C)NC(=O)C(O)C(O)C(O)C(O)CO.CCCCCCCCC.CCCCCCCCC. The third kappa shape index (κ3) is 35.2. The highest BCUT2D eigenvalue weighted by molar-refractivity contribution is 5.81. The van der Waals surface area contributed by atoms with Gasteiger partial charge in [0.2, 0.25) is 0 Å². The van der Waals surface area contributed by atoms with Crippen LogP contribution in [0.15, 0.2) is 0 Å². The van der Waals surface area contributed by atoms with Gasteiger partial charge in [0.1, 0.15) is 18.3 Å². The van der Waals surface area contributed by atoms with Gasteiger partial charge in [-0.2, -0.15) is 0 Å². The summed E-state index contributed by atoms with van der Waals surface area (Å²) < 4.78 is 0. The molecular weight excluding hydrogens is 494 g/mol. The minimum Gasteiger partial charge on any atom is -0.394 e. The Labute approximate surface area is 243 Å². The van der Waals surface area contributed by atoms with E-state index in [2.05, 4.69) is 46.9 Å². The molecular formula is C32H71NO6. The molecule has 0 spiro atoms. The van der Waals surface area contributed by atoms with Gasteiger partial charge in [0, 0.05) is 6.04 Å². The lowest BCUT2D eigenvalue weighted by molar-refractivity contribution is -0.149. The molecule has 39 heavy (non-hydrogen) atoms. The van der Waals surface area contributed by atoms with E-state index in [1.54, 1.807) is 6.92 Å². The van der Waals surface area contributed by atoms with Gasteiger partial charge in [-0.25, -0.2) is 0 Å². The number of hydrogen-bond acceptors (Lipinski definition) is 6. The molecule has 0 fully saturated rings. The second kappa shape index (κ2) is 37.3. The van der Waals surface area contributed by atoms with E-state index >= 15 is 0 Å². The maximum Gasteiger partial charge on any atom is 0.251 e. The molecule has 7 nitrogen and oxygen atoms in total. The molecule has 0 saturated carbocycles. The highest BCUT2D eigenvalue weighted by Crippen LogP contribution is 2.07. The Bertz CT molecular complexity index is 426. The number of amides is 1. The molecule has 6 N–H and O–H groups in total. The molecule has 0 aliphatic heterocycles. The van der Waals surface area contributed by atoms with Crippen molar-refractivity contribution in [2.75, 3.05) is 6.61 Å². The van der Waals surface area contributed by atoms with E-state index < -0.39 is 36.9 Å². The minimum atomic E-state index is -1.86. The van der Waals surface area contributed by atoms with Crippen molar-refractivity contribution in [1.82, 2.24) is 5.32 Å². The van der Waals surface area contributed by atoms with Gasteiger partial charge < -0.3 is 30.8 Å². The second-order valence-corrected chi connectivity index (χ2v) is 10.6. The monoisotopic (exact) mass is 566 g/mol. The predicted molar refractivity (Wildman–Crippen MR) is 167 cm³/mol. The van der Waals surface area contributed by atoms with Crippen molar-refractivity contribution >= 4 is 5.91 Å². The Balaban J connectivity index is -0.000000245. The van der Waals surface area contributed by atoms with E-state index in [0.717, 1.165) is 12.8 Å². The topological polar surface area (TPSA) is 130 Å². The molecule has 5 atom stereocenters. The molecule has 0 aromatic rings. The van der Waals surface area contributed by atoms with Crippen LogP contribution in [0.3, 0.4) is 0 Å². The van der Waals surface area contributed by atoms with Gasteiger partial charge in [-0.1, -0.05) is 151 Å². The molecule has 0 radical (unpaired) electrons. The lowest BCUT2D eigenvalue weighted by atomic mass is 10.0. The molecule has 0 aromatic heterocycles. The normalized spacial score (nSPS) is 14.2. The zero-order valence-electron chi connectivity index (χ0n) is 27.3. The Morgan fingerprint density at radius 3 is 1.21 bits per heavy atom. The van der Waals surface area contributed by atoms with Crippen LogP contribution in [-0.4, -0.2) is 68.5 Å². The van der Waals surface area contributed by atoms with Crippen LogP contribution in [0.2, 0.25) is 0 Å². The van der Waals surface area contributed by atoms with Crippen molar-refractivity contribution in [3.8, 4) is 0 Å². The number of aliphatic hydroxyl groups excluding tert-OH is 5. The first-order valence-corrected chi connectivity index (χ1v) is 16.2. The van der Waals surface area contributed by atoms with Gasteiger partial charge in [0.25, 0.3) is 5.91 Å². The van der Waals surface area contributed by atoms with Crippen LogP contribution >= 0.6 is 0 Å². The molecule has 0 rings (SSSR count). The fourth-order valence-electron chi connectivity index (χ4n) is 3.57. The summed E-state index contributed by atoms with van der Waals surface area (Å²) in [6, 6.07) is -0.163. The van der Waals surface area contributed by atoms with Crippen molar-refractivity contribution in [2.24, 2.45) is 0 Å². The van der Waals surface area contributed by atoms with E-state index in [-0.39, 0.29) is 6.04 Å². The van der Waals surface area contributed by atoms with Gasteiger partial charge in [-0.15, -0.1) is 0 Å². The molecule has 0 bridgehead atoms. The van der Waals surface area contributed by atoms with Crippen LogP contribution < -0.4 is 5.32 Å². The number of nitrogens with one attached hydrogen (secondary N) is 1. The molecule has 0 heterocycles. The Morgan fingerprint density at radius 2 is 0.923 bits per heavy atom. The highest BCUT2D eigenvalue weighted by Gasteiger charge is 2.34. The number of unbranched alkanes of at least 4 members (excludes halogenated alkanes) is 12. The Morgan fingerprint density at radius 1 is 0.590 bits per heavy atom. The third-order valence-corrected chi connectivity index (χ3v) is 6.05. The molecule has 1 amide bonds. The summed E-state index contributed by atoms with van der Waals surface area (Å²) in [5.41, 5.74) is 0. The molecule has 240 valence electrons. The summed E-state index contributed by atoms with van der Waals surface area (Å²) in [5, 5.41) is 48.5. The van der Waals surface area contributed by atoms with E-state index in [1.165, 1.54) is 96.3 Å². The second-order valence-electron chi connectivity index (χ2n) is 10.6. The Hall–Kier alpha value is -0.730. The summed E-state index contributed by atoms with van der Waals surface area (Å²) >= 11 is 0. The molecule has 0 saturated heterocycles. The lowest BCUT2D eigenvalue weighted by Crippen LogP contribution is -2.52. The number of carbonyl (C=O) groups excluding carboxylic acids is 1. The summed E-state index contributed by atoms with van der Waals surface area (Å²) in [5.74, 6) is -0.826. The van der Waals surface area contributed by atoms with Crippen molar-refractivity contribution in [3.05, 3.63) is 0 Å². The molecule has 0 aromatic carbocycles. The number of carbonyl (C=O) groups is 1. The maximum absolute atomic E-state index is 11.5. The van der Waals surface area contributed by atoms with E-state index in [9.17, 15) is 20.1 Å². The van der Waals surface area contributed by atoms with Crippen LogP contribution in [0.5, 0.6) is 0 Å². The fourth-order valence-corrected chi connectivity index (χ4v) is 3.57. The molecule has 0 aliphatic rings. The fraction of sp³-hybridized carbons (Fsp3) is 0.969. The van der Waals surface area contributed by atoms with E-state index in [1.807, 2.05) is 6.92 Å². The number of hydrogen-bond donors (Lipinski definition) is 6.